The van der Waals surface area contributed by atoms with Crippen LogP contribution in [0.1, 0.15) is 25.6 Å². The Labute approximate surface area is 186 Å². The van der Waals surface area contributed by atoms with E-state index in [1.165, 1.54) is 38.4 Å². The van der Waals surface area contributed by atoms with Crippen LogP contribution in [0, 0.1) is 0 Å². The average molecular weight is 485 g/mol. The molecule has 0 saturated carbocycles. The van der Waals surface area contributed by atoms with Gasteiger partial charge in [-0.15, -0.1) is 0 Å². The summed E-state index contributed by atoms with van der Waals surface area (Å²) in [5.74, 6) is -0.760. The molecule has 1 aromatic carbocycles. The number of alkyl halides is 3. The molecule has 3 rings (SSSR count). The van der Waals surface area contributed by atoms with Crippen LogP contribution in [0.4, 0.5) is 28.4 Å². The lowest BCUT2D eigenvalue weighted by molar-refractivity contribution is -0.124. The van der Waals surface area contributed by atoms with Gasteiger partial charge in [0.1, 0.15) is 11.7 Å². The highest BCUT2D eigenvalue weighted by Gasteiger charge is 2.55. The normalized spacial score (nSPS) is 17.2. The van der Waals surface area contributed by atoms with Gasteiger partial charge in [0, 0.05) is 12.4 Å². The number of carbonyl (C=O) groups is 3. The Kier molecular flexibility index (Phi) is 5.83. The van der Waals surface area contributed by atoms with E-state index in [0.29, 0.717) is 22.6 Å². The highest BCUT2D eigenvalue weighted by Crippen LogP contribution is 2.38. The molecule has 0 radical (unpaired) electrons. The molecule has 176 valence electrons. The zero-order valence-electron chi connectivity index (χ0n) is 17.2. The van der Waals surface area contributed by atoms with Crippen molar-refractivity contribution in [3.63, 3.8) is 0 Å². The van der Waals surface area contributed by atoms with Crippen molar-refractivity contribution in [2.75, 3.05) is 4.90 Å². The third-order valence-corrected chi connectivity index (χ3v) is 6.50. The molecule has 1 aliphatic rings. The fourth-order valence-electron chi connectivity index (χ4n) is 3.36. The van der Waals surface area contributed by atoms with Crippen molar-refractivity contribution in [1.82, 2.24) is 15.2 Å². The summed E-state index contributed by atoms with van der Waals surface area (Å²) in [6.07, 6.45) is 1.63. The van der Waals surface area contributed by atoms with E-state index in [1.54, 1.807) is 0 Å². The molecule has 1 atom stereocenters. The number of pyridine rings is 1. The first-order chi connectivity index (χ1) is 15.2. The number of hydrogen-bond donors (Lipinski definition) is 2. The Balaban J connectivity index is 2.04. The van der Waals surface area contributed by atoms with E-state index in [4.69, 9.17) is 5.73 Å². The SMILES string of the molecule is CC1(C)C(=O)N(c2ccc(S(=O)(=O)C(F)(F)F)cc2)C(=O)N1C(NC(N)=O)c1ccncc1. The van der Waals surface area contributed by atoms with Crippen LogP contribution < -0.4 is 16.0 Å². The number of rotatable bonds is 5. The second-order valence-electron chi connectivity index (χ2n) is 7.49. The summed E-state index contributed by atoms with van der Waals surface area (Å²) in [5, 5.41) is 2.40. The van der Waals surface area contributed by atoms with E-state index in [0.717, 1.165) is 17.0 Å². The summed E-state index contributed by atoms with van der Waals surface area (Å²) >= 11 is 0. The van der Waals surface area contributed by atoms with Gasteiger partial charge in [-0.2, -0.15) is 13.2 Å². The maximum absolute atomic E-state index is 13.3. The summed E-state index contributed by atoms with van der Waals surface area (Å²) in [4.78, 5) is 42.6. The molecule has 1 aromatic heterocycles. The number of carbonyl (C=O) groups excluding carboxylic acids is 3. The van der Waals surface area contributed by atoms with Gasteiger partial charge in [-0.25, -0.2) is 22.9 Å². The van der Waals surface area contributed by atoms with Crippen LogP contribution in [-0.4, -0.2) is 47.3 Å². The maximum Gasteiger partial charge on any atom is 0.501 e. The predicted octanol–water partition coefficient (Wildman–Crippen LogP) is 2.29. The molecule has 10 nitrogen and oxygen atoms in total. The van der Waals surface area contributed by atoms with Gasteiger partial charge in [0.25, 0.3) is 15.7 Å². The fourth-order valence-corrected chi connectivity index (χ4v) is 4.12. The number of imide groups is 1. The van der Waals surface area contributed by atoms with Crippen LogP contribution in [0.5, 0.6) is 0 Å². The van der Waals surface area contributed by atoms with Gasteiger partial charge in [0.05, 0.1) is 10.6 Å². The summed E-state index contributed by atoms with van der Waals surface area (Å²) < 4.78 is 61.5. The van der Waals surface area contributed by atoms with Crippen molar-refractivity contribution in [2.45, 2.75) is 36.0 Å². The summed E-state index contributed by atoms with van der Waals surface area (Å²) in [6, 6.07) is 4.22. The fraction of sp³-hybridized carbons (Fsp3) is 0.263. The number of nitrogens with two attached hydrogens (primary N) is 1. The number of aromatic nitrogens is 1. The number of halogens is 3. The Hall–Kier alpha value is -3.68. The minimum atomic E-state index is -5.61. The van der Waals surface area contributed by atoms with E-state index >= 15 is 0 Å². The van der Waals surface area contributed by atoms with E-state index in [2.05, 4.69) is 10.3 Å². The molecule has 1 unspecified atom stereocenters. The lowest BCUT2D eigenvalue weighted by Crippen LogP contribution is -2.52. The zero-order chi connectivity index (χ0) is 24.8. The molecule has 1 saturated heterocycles. The minimum absolute atomic E-state index is 0.158. The average Bonchev–Trinajstić information content (AvgIpc) is 2.90. The quantitative estimate of drug-likeness (QED) is 0.622. The van der Waals surface area contributed by atoms with Crippen LogP contribution in [0.3, 0.4) is 0 Å². The number of nitrogens with one attached hydrogen (secondary N) is 1. The third-order valence-electron chi connectivity index (χ3n) is 5.00. The molecule has 3 N–H and O–H groups in total. The van der Waals surface area contributed by atoms with Gasteiger partial charge in [-0.3, -0.25) is 14.7 Å². The molecular formula is C19H18F3N5O5S. The maximum atomic E-state index is 13.3. The van der Waals surface area contributed by atoms with Gasteiger partial charge in [0.2, 0.25) is 0 Å². The number of urea groups is 2. The van der Waals surface area contributed by atoms with Gasteiger partial charge in [-0.05, 0) is 55.8 Å². The Bertz CT molecular complexity index is 1200. The molecule has 14 heteroatoms. The molecular weight excluding hydrogens is 467 g/mol. The highest BCUT2D eigenvalue weighted by molar-refractivity contribution is 7.92. The first-order valence-electron chi connectivity index (χ1n) is 9.24. The number of amides is 5. The minimum Gasteiger partial charge on any atom is -0.352 e. The second-order valence-corrected chi connectivity index (χ2v) is 9.43. The van der Waals surface area contributed by atoms with Gasteiger partial charge < -0.3 is 11.1 Å². The summed E-state index contributed by atoms with van der Waals surface area (Å²) in [7, 11) is -5.61. The second kappa shape index (κ2) is 8.03. The van der Waals surface area contributed by atoms with Gasteiger partial charge in [0.15, 0.2) is 0 Å². The molecule has 0 aliphatic carbocycles. The van der Waals surface area contributed by atoms with Crippen molar-refractivity contribution >= 4 is 33.5 Å². The lowest BCUT2D eigenvalue weighted by atomic mass is 10.0. The first-order valence-corrected chi connectivity index (χ1v) is 10.7. The van der Waals surface area contributed by atoms with E-state index in [9.17, 15) is 36.0 Å². The van der Waals surface area contributed by atoms with Crippen LogP contribution in [-0.2, 0) is 14.6 Å². The molecule has 2 aromatic rings. The van der Waals surface area contributed by atoms with Crippen molar-refractivity contribution < 1.29 is 36.0 Å². The number of primary amides is 1. The van der Waals surface area contributed by atoms with Crippen molar-refractivity contribution in [3.8, 4) is 0 Å². The van der Waals surface area contributed by atoms with Crippen LogP contribution in [0.15, 0.2) is 53.7 Å². The van der Waals surface area contributed by atoms with Crippen molar-refractivity contribution in [3.05, 3.63) is 54.4 Å². The largest absolute Gasteiger partial charge is 0.501 e. The van der Waals surface area contributed by atoms with Crippen LogP contribution in [0.2, 0.25) is 0 Å². The van der Waals surface area contributed by atoms with E-state index in [-0.39, 0.29) is 5.69 Å². The highest BCUT2D eigenvalue weighted by atomic mass is 32.2. The predicted molar refractivity (Wildman–Crippen MR) is 108 cm³/mol. The Morgan fingerprint density at radius 2 is 1.64 bits per heavy atom. The number of benzene rings is 1. The number of sulfone groups is 1. The van der Waals surface area contributed by atoms with Crippen molar-refractivity contribution in [1.29, 1.82) is 0 Å². The smallest absolute Gasteiger partial charge is 0.352 e. The Morgan fingerprint density at radius 3 is 2.12 bits per heavy atom. The molecule has 33 heavy (non-hydrogen) atoms. The molecule has 2 heterocycles. The monoisotopic (exact) mass is 485 g/mol. The first kappa shape index (κ1) is 24.0. The molecule has 0 spiro atoms. The van der Waals surface area contributed by atoms with Gasteiger partial charge >= 0.3 is 17.6 Å². The molecule has 1 fully saturated rings. The third kappa shape index (κ3) is 4.08. The Morgan fingerprint density at radius 1 is 1.09 bits per heavy atom. The molecule has 1 aliphatic heterocycles. The lowest BCUT2D eigenvalue weighted by Gasteiger charge is -2.35. The number of anilines is 1. The number of nitrogens with zero attached hydrogens (tertiary/aromatic N) is 3. The molecule has 5 amide bonds. The molecule has 0 bridgehead atoms. The van der Waals surface area contributed by atoms with E-state index < -0.39 is 49.9 Å². The van der Waals surface area contributed by atoms with Crippen LogP contribution in [0.25, 0.3) is 0 Å². The van der Waals surface area contributed by atoms with Crippen molar-refractivity contribution in [2.24, 2.45) is 5.73 Å². The van der Waals surface area contributed by atoms with E-state index in [1.807, 2.05) is 0 Å². The standard InChI is InChI=1S/C19H18F3N5O5S/c1-18(2)15(28)26(12-3-5-13(6-4-12)33(31,32)19(20,21)22)17(30)27(18)14(25-16(23)29)11-7-9-24-10-8-11/h3-10,14H,1-2H3,(H3,23,25,29). The number of hydrogen-bond acceptors (Lipinski definition) is 6. The van der Waals surface area contributed by atoms with Gasteiger partial charge in [-0.1, -0.05) is 0 Å². The summed E-state index contributed by atoms with van der Waals surface area (Å²) in [6.45, 7) is 2.82. The topological polar surface area (TPSA) is 143 Å². The summed E-state index contributed by atoms with van der Waals surface area (Å²) in [5.41, 5.74) is -1.56. The van der Waals surface area contributed by atoms with Crippen LogP contribution >= 0.6 is 0 Å². The zero-order valence-corrected chi connectivity index (χ0v) is 18.0.